The summed E-state index contributed by atoms with van der Waals surface area (Å²) in [5, 5.41) is 9.35. The summed E-state index contributed by atoms with van der Waals surface area (Å²) in [5.41, 5.74) is -0.0261. The number of anilines is 1. The standard InChI is InChI=1S/C26H38N4O6/c1-8-9-15-30(22(32)14-13-21(31)27-20-16-17(2)36-29-20)23(25(33)28-26(3,4)5)18-11-10-12-19(34-6)24(18)35-7/h10-12,16,23H,8-9,13-15H2,1-7H3,(H,28,33)(H,27,29,31)/t23-/m0/s1. The van der Waals surface area contributed by atoms with Gasteiger partial charge in [0.1, 0.15) is 11.8 Å². The van der Waals surface area contributed by atoms with Crippen LogP contribution in [0.4, 0.5) is 5.82 Å². The van der Waals surface area contributed by atoms with Crippen LogP contribution in [0, 0.1) is 6.92 Å². The highest BCUT2D eigenvalue weighted by Gasteiger charge is 2.35. The third kappa shape index (κ3) is 8.00. The van der Waals surface area contributed by atoms with Gasteiger partial charge in [0.25, 0.3) is 0 Å². The molecule has 3 amide bonds. The first kappa shape index (κ1) is 28.7. The maximum absolute atomic E-state index is 13.6. The Hall–Kier alpha value is -3.56. The Kier molecular flexibility index (Phi) is 10.3. The van der Waals surface area contributed by atoms with E-state index in [1.165, 1.54) is 19.1 Å². The van der Waals surface area contributed by atoms with Gasteiger partial charge < -0.3 is 29.5 Å². The summed E-state index contributed by atoms with van der Waals surface area (Å²) in [5.74, 6) is 0.635. The van der Waals surface area contributed by atoms with E-state index in [1.54, 1.807) is 31.2 Å². The predicted octanol–water partition coefficient (Wildman–Crippen LogP) is 4.00. The van der Waals surface area contributed by atoms with Crippen LogP contribution in [0.3, 0.4) is 0 Å². The summed E-state index contributed by atoms with van der Waals surface area (Å²) in [6.45, 7) is 9.68. The molecule has 1 atom stereocenters. The van der Waals surface area contributed by atoms with E-state index in [0.717, 1.165) is 6.42 Å². The first-order chi connectivity index (χ1) is 17.0. The molecule has 1 aromatic carbocycles. The Labute approximate surface area is 212 Å². The number of aromatic nitrogens is 1. The number of para-hydroxylation sites is 1. The monoisotopic (exact) mass is 502 g/mol. The molecule has 10 nitrogen and oxygen atoms in total. The van der Waals surface area contributed by atoms with E-state index in [0.29, 0.717) is 35.8 Å². The van der Waals surface area contributed by atoms with Crippen molar-refractivity contribution in [2.45, 2.75) is 71.9 Å². The van der Waals surface area contributed by atoms with Crippen molar-refractivity contribution in [3.63, 3.8) is 0 Å². The topological polar surface area (TPSA) is 123 Å². The fraction of sp³-hybridized carbons (Fsp3) is 0.538. The number of rotatable bonds is 12. The molecule has 2 rings (SSSR count). The molecule has 0 aliphatic carbocycles. The van der Waals surface area contributed by atoms with Crippen LogP contribution in [0.1, 0.15) is 70.7 Å². The summed E-state index contributed by atoms with van der Waals surface area (Å²) < 4.78 is 16.0. The molecule has 0 aliphatic rings. The number of ether oxygens (including phenoxy) is 2. The predicted molar refractivity (Wildman–Crippen MR) is 136 cm³/mol. The van der Waals surface area contributed by atoms with Gasteiger partial charge in [-0.1, -0.05) is 30.6 Å². The molecule has 0 spiro atoms. The van der Waals surface area contributed by atoms with Gasteiger partial charge in [-0.25, -0.2) is 0 Å². The van der Waals surface area contributed by atoms with Gasteiger partial charge in [-0.3, -0.25) is 14.4 Å². The molecule has 2 N–H and O–H groups in total. The van der Waals surface area contributed by atoms with Crippen LogP contribution in [0.5, 0.6) is 11.5 Å². The summed E-state index contributed by atoms with van der Waals surface area (Å²) >= 11 is 0. The molecule has 0 fully saturated rings. The largest absolute Gasteiger partial charge is 0.493 e. The second-order valence-corrected chi connectivity index (χ2v) is 9.54. The zero-order chi connectivity index (χ0) is 26.9. The average molecular weight is 503 g/mol. The second-order valence-electron chi connectivity index (χ2n) is 9.54. The lowest BCUT2D eigenvalue weighted by Crippen LogP contribution is -2.49. The number of aryl methyl sites for hydroxylation is 1. The summed E-state index contributed by atoms with van der Waals surface area (Å²) in [7, 11) is 3.01. The minimum absolute atomic E-state index is 0.0732. The molecule has 1 heterocycles. The molecular weight excluding hydrogens is 464 g/mol. The van der Waals surface area contributed by atoms with Crippen molar-refractivity contribution in [2.24, 2.45) is 0 Å². The second kappa shape index (κ2) is 12.9. The molecule has 0 bridgehead atoms. The molecule has 36 heavy (non-hydrogen) atoms. The molecule has 0 saturated carbocycles. The van der Waals surface area contributed by atoms with E-state index in [2.05, 4.69) is 15.8 Å². The van der Waals surface area contributed by atoms with Gasteiger partial charge >= 0.3 is 0 Å². The first-order valence-electron chi connectivity index (χ1n) is 12.1. The summed E-state index contributed by atoms with van der Waals surface area (Å²) in [4.78, 5) is 41.1. The smallest absolute Gasteiger partial charge is 0.247 e. The van der Waals surface area contributed by atoms with Gasteiger partial charge in [-0.2, -0.15) is 0 Å². The van der Waals surface area contributed by atoms with Crippen LogP contribution in [0.25, 0.3) is 0 Å². The molecule has 0 unspecified atom stereocenters. The molecule has 0 aliphatic heterocycles. The minimum Gasteiger partial charge on any atom is -0.493 e. The Morgan fingerprint density at radius 1 is 1.14 bits per heavy atom. The number of amides is 3. The Balaban J connectivity index is 2.38. The van der Waals surface area contributed by atoms with E-state index in [4.69, 9.17) is 14.0 Å². The number of hydrogen-bond acceptors (Lipinski definition) is 7. The van der Waals surface area contributed by atoms with Crippen LogP contribution >= 0.6 is 0 Å². The van der Waals surface area contributed by atoms with E-state index in [1.807, 2.05) is 27.7 Å². The zero-order valence-electron chi connectivity index (χ0n) is 22.3. The molecule has 1 aromatic heterocycles. The Morgan fingerprint density at radius 2 is 1.86 bits per heavy atom. The molecule has 0 radical (unpaired) electrons. The molecular formula is C26H38N4O6. The number of nitrogens with one attached hydrogen (secondary N) is 2. The number of hydrogen-bond donors (Lipinski definition) is 2. The van der Waals surface area contributed by atoms with Crippen molar-refractivity contribution >= 4 is 23.5 Å². The van der Waals surface area contributed by atoms with Crippen molar-refractivity contribution in [1.82, 2.24) is 15.4 Å². The van der Waals surface area contributed by atoms with Gasteiger partial charge in [0.15, 0.2) is 17.3 Å². The van der Waals surface area contributed by atoms with Crippen molar-refractivity contribution in [1.29, 1.82) is 0 Å². The third-order valence-corrected chi connectivity index (χ3v) is 5.32. The van der Waals surface area contributed by atoms with Crippen molar-refractivity contribution in [2.75, 3.05) is 26.1 Å². The molecule has 2 aromatic rings. The molecule has 0 saturated heterocycles. The van der Waals surface area contributed by atoms with Gasteiger partial charge in [0.05, 0.1) is 14.2 Å². The van der Waals surface area contributed by atoms with E-state index in [-0.39, 0.29) is 36.4 Å². The number of carbonyl (C=O) groups excluding carboxylic acids is 3. The first-order valence-corrected chi connectivity index (χ1v) is 12.1. The number of nitrogens with zero attached hydrogens (tertiary/aromatic N) is 2. The van der Waals surface area contributed by atoms with Gasteiger partial charge in [0, 0.05) is 36.6 Å². The highest BCUT2D eigenvalue weighted by Crippen LogP contribution is 2.38. The lowest BCUT2D eigenvalue weighted by Gasteiger charge is -2.34. The fourth-order valence-corrected chi connectivity index (χ4v) is 3.74. The zero-order valence-corrected chi connectivity index (χ0v) is 22.3. The minimum atomic E-state index is -0.977. The lowest BCUT2D eigenvalue weighted by atomic mass is 9.99. The number of benzene rings is 1. The number of unbranched alkanes of at least 4 members (excludes halogenated alkanes) is 1. The number of carbonyl (C=O) groups is 3. The van der Waals surface area contributed by atoms with Crippen molar-refractivity contribution in [3.8, 4) is 11.5 Å². The van der Waals surface area contributed by atoms with E-state index < -0.39 is 11.6 Å². The normalized spacial score (nSPS) is 12.0. The summed E-state index contributed by atoms with van der Waals surface area (Å²) in [6.07, 6.45) is 1.34. The van der Waals surface area contributed by atoms with Crippen LogP contribution < -0.4 is 20.1 Å². The molecule has 10 heteroatoms. The quantitative estimate of drug-likeness (QED) is 0.450. The van der Waals surface area contributed by atoms with E-state index in [9.17, 15) is 14.4 Å². The maximum atomic E-state index is 13.6. The van der Waals surface area contributed by atoms with Crippen LogP contribution in [0.15, 0.2) is 28.8 Å². The fourth-order valence-electron chi connectivity index (χ4n) is 3.74. The highest BCUT2D eigenvalue weighted by molar-refractivity contribution is 5.94. The summed E-state index contributed by atoms with van der Waals surface area (Å²) in [6, 6.07) is 5.85. The van der Waals surface area contributed by atoms with Gasteiger partial charge in [0.2, 0.25) is 17.7 Å². The third-order valence-electron chi connectivity index (χ3n) is 5.32. The van der Waals surface area contributed by atoms with Crippen molar-refractivity contribution < 1.29 is 28.4 Å². The molecule has 198 valence electrons. The van der Waals surface area contributed by atoms with Crippen LogP contribution in [0.2, 0.25) is 0 Å². The Morgan fingerprint density at radius 3 is 2.42 bits per heavy atom. The SMILES string of the molecule is CCCCN(C(=O)CCC(=O)Nc1cc(C)on1)[C@H](C(=O)NC(C)(C)C)c1cccc(OC)c1OC. The highest BCUT2D eigenvalue weighted by atomic mass is 16.5. The van der Waals surface area contributed by atoms with Crippen LogP contribution in [-0.4, -0.2) is 54.1 Å². The van der Waals surface area contributed by atoms with Crippen molar-refractivity contribution in [3.05, 3.63) is 35.6 Å². The number of methoxy groups -OCH3 is 2. The van der Waals surface area contributed by atoms with Gasteiger partial charge in [-0.15, -0.1) is 0 Å². The maximum Gasteiger partial charge on any atom is 0.247 e. The average Bonchev–Trinajstić information content (AvgIpc) is 3.22. The van der Waals surface area contributed by atoms with Gasteiger partial charge in [-0.05, 0) is 40.2 Å². The lowest BCUT2D eigenvalue weighted by molar-refractivity contribution is -0.142. The Bertz CT molecular complexity index is 1040. The van der Waals surface area contributed by atoms with E-state index >= 15 is 0 Å². The van der Waals surface area contributed by atoms with Crippen LogP contribution in [-0.2, 0) is 14.4 Å².